The van der Waals surface area contributed by atoms with E-state index in [0.29, 0.717) is 11.1 Å². The summed E-state index contributed by atoms with van der Waals surface area (Å²) in [4.78, 5) is 23.4. The Hall–Kier alpha value is -4.35. The number of carbonyl (C=O) groups is 2. The number of halogens is 1. The Kier molecular flexibility index (Phi) is 8.71. The Bertz CT molecular complexity index is 1980. The van der Waals surface area contributed by atoms with Crippen molar-refractivity contribution in [2.24, 2.45) is 0 Å². The largest absolute Gasteiger partial charge is 0.480 e. The summed E-state index contributed by atoms with van der Waals surface area (Å²) in [5.74, 6) is -2.00. The van der Waals surface area contributed by atoms with Gasteiger partial charge in [-0.2, -0.15) is 11.8 Å². The molecule has 1 heterocycles. The van der Waals surface area contributed by atoms with Crippen LogP contribution in [0.4, 0.5) is 9.18 Å². The van der Waals surface area contributed by atoms with Gasteiger partial charge in [-0.1, -0.05) is 54.6 Å². The first-order valence-corrected chi connectivity index (χ1v) is 16.3. The van der Waals surface area contributed by atoms with E-state index < -0.39 is 39.4 Å². The molecule has 11 heteroatoms. The molecule has 0 spiro atoms. The molecule has 2 N–H and O–H groups in total. The number of benzene rings is 4. The predicted molar refractivity (Wildman–Crippen MR) is 168 cm³/mol. The van der Waals surface area contributed by atoms with E-state index in [1.54, 1.807) is 39.0 Å². The lowest BCUT2D eigenvalue weighted by atomic mass is 10.0. The maximum absolute atomic E-state index is 15.1. The summed E-state index contributed by atoms with van der Waals surface area (Å²) in [5.41, 5.74) is 2.14. The highest BCUT2D eigenvalue weighted by molar-refractivity contribution is 7.98. The summed E-state index contributed by atoms with van der Waals surface area (Å²) >= 11 is 1.08. The fourth-order valence-electron chi connectivity index (χ4n) is 4.66. The molecule has 0 saturated carbocycles. The lowest BCUT2D eigenvalue weighted by Crippen LogP contribution is -2.44. The number of thioether (sulfide) groups is 1. The number of fused-ring (bicyclic) bond motifs is 3. The molecule has 1 atom stereocenters. The zero-order valence-corrected chi connectivity index (χ0v) is 25.8. The fraction of sp³-hybridized carbons (Fsp3) is 0.212. The standard InChI is InChI=1S/C33H30FNO7S2/c1-33(2,3)42-32(38)35-28(31(36)37)19-43-18-21-14-15-23(17-27(21)34)44(39,40)22-9-6-8-20(16-22)24-11-7-12-26-25-10-4-5-13-29(25)41-30(24)26/h4-17,28H,18-19H2,1-3H3,(H,35,38)(H,36,37). The van der Waals surface area contributed by atoms with Gasteiger partial charge in [0.15, 0.2) is 0 Å². The second-order valence-electron chi connectivity index (χ2n) is 11.1. The average Bonchev–Trinajstić information content (AvgIpc) is 3.35. The number of sulfone groups is 1. The number of hydrogen-bond acceptors (Lipinski definition) is 7. The molecular formula is C33H30FNO7S2. The van der Waals surface area contributed by atoms with Gasteiger partial charge in [0.25, 0.3) is 0 Å². The highest BCUT2D eigenvalue weighted by atomic mass is 32.2. The van der Waals surface area contributed by atoms with Crippen molar-refractivity contribution < 1.29 is 36.7 Å². The molecule has 1 amide bonds. The lowest BCUT2D eigenvalue weighted by Gasteiger charge is -2.21. The minimum atomic E-state index is -4.08. The number of para-hydroxylation sites is 2. The molecule has 0 aliphatic rings. The zero-order chi connectivity index (χ0) is 31.6. The summed E-state index contributed by atoms with van der Waals surface area (Å²) in [7, 11) is -4.08. The maximum atomic E-state index is 15.1. The van der Waals surface area contributed by atoms with Crippen LogP contribution >= 0.6 is 11.8 Å². The van der Waals surface area contributed by atoms with Gasteiger partial charge in [0.2, 0.25) is 9.84 Å². The number of alkyl carbamates (subject to hydrolysis) is 1. The van der Waals surface area contributed by atoms with E-state index in [4.69, 9.17) is 9.15 Å². The highest BCUT2D eigenvalue weighted by Gasteiger charge is 2.25. The van der Waals surface area contributed by atoms with Crippen molar-refractivity contribution in [2.75, 3.05) is 5.75 Å². The predicted octanol–water partition coefficient (Wildman–Crippen LogP) is 7.44. The van der Waals surface area contributed by atoms with E-state index >= 15 is 4.39 Å². The molecule has 8 nitrogen and oxygen atoms in total. The smallest absolute Gasteiger partial charge is 0.408 e. The van der Waals surface area contributed by atoms with Crippen molar-refractivity contribution >= 4 is 55.6 Å². The van der Waals surface area contributed by atoms with Crippen molar-refractivity contribution in [1.82, 2.24) is 5.32 Å². The topological polar surface area (TPSA) is 123 Å². The van der Waals surface area contributed by atoms with Gasteiger partial charge in [-0.05, 0) is 62.2 Å². The molecule has 1 unspecified atom stereocenters. The molecule has 228 valence electrons. The molecule has 0 radical (unpaired) electrons. The monoisotopic (exact) mass is 635 g/mol. The molecule has 5 rings (SSSR count). The van der Waals surface area contributed by atoms with Crippen LogP contribution in [0.15, 0.2) is 99.1 Å². The lowest BCUT2D eigenvalue weighted by molar-refractivity contribution is -0.138. The van der Waals surface area contributed by atoms with Gasteiger partial charge in [-0.25, -0.2) is 22.4 Å². The molecule has 0 aliphatic carbocycles. The minimum absolute atomic E-state index is 0.00200. The number of carbonyl (C=O) groups excluding carboxylic acids is 1. The molecule has 1 aromatic heterocycles. The van der Waals surface area contributed by atoms with E-state index in [-0.39, 0.29) is 26.9 Å². The fourth-order valence-corrected chi connectivity index (χ4v) is 7.02. The number of hydrogen-bond donors (Lipinski definition) is 2. The Balaban J connectivity index is 1.33. The van der Waals surface area contributed by atoms with Gasteiger partial charge in [0.05, 0.1) is 9.79 Å². The highest BCUT2D eigenvalue weighted by Crippen LogP contribution is 2.37. The Morgan fingerprint density at radius 1 is 0.955 bits per heavy atom. The third-order valence-electron chi connectivity index (χ3n) is 6.73. The zero-order valence-electron chi connectivity index (χ0n) is 24.2. The van der Waals surface area contributed by atoms with E-state index in [0.717, 1.165) is 39.7 Å². The van der Waals surface area contributed by atoms with E-state index in [1.165, 1.54) is 18.2 Å². The van der Waals surface area contributed by atoms with Crippen molar-refractivity contribution in [1.29, 1.82) is 0 Å². The van der Waals surface area contributed by atoms with Crippen LogP contribution in [0.1, 0.15) is 26.3 Å². The third-order valence-corrected chi connectivity index (χ3v) is 9.56. The SMILES string of the molecule is CC(C)(C)OC(=O)NC(CSCc1ccc(S(=O)(=O)c2cccc(-c3cccc4c3oc3ccccc34)c2)cc1F)C(=O)O. The number of amides is 1. The number of aliphatic carboxylic acids is 1. The van der Waals surface area contributed by atoms with Crippen LogP contribution in [0.5, 0.6) is 0 Å². The minimum Gasteiger partial charge on any atom is -0.480 e. The first-order valence-electron chi connectivity index (χ1n) is 13.7. The summed E-state index contributed by atoms with van der Waals surface area (Å²) in [5, 5.41) is 13.6. The van der Waals surface area contributed by atoms with Crippen molar-refractivity contribution in [3.63, 3.8) is 0 Å². The Morgan fingerprint density at radius 2 is 1.66 bits per heavy atom. The molecular weight excluding hydrogens is 605 g/mol. The van der Waals surface area contributed by atoms with Crippen LogP contribution in [0, 0.1) is 5.82 Å². The number of rotatable bonds is 9. The number of furan rings is 1. The van der Waals surface area contributed by atoms with Crippen LogP contribution < -0.4 is 5.32 Å². The molecule has 0 fully saturated rings. The maximum Gasteiger partial charge on any atom is 0.408 e. The van der Waals surface area contributed by atoms with E-state index in [2.05, 4.69) is 5.32 Å². The van der Waals surface area contributed by atoms with Crippen molar-refractivity contribution in [3.05, 3.63) is 96.3 Å². The van der Waals surface area contributed by atoms with Gasteiger partial charge in [-0.3, -0.25) is 0 Å². The normalized spacial score (nSPS) is 12.7. The van der Waals surface area contributed by atoms with Crippen molar-refractivity contribution in [2.45, 2.75) is 48.0 Å². The molecule has 4 aromatic carbocycles. The van der Waals surface area contributed by atoms with E-state index in [9.17, 15) is 23.1 Å². The average molecular weight is 636 g/mol. The van der Waals surface area contributed by atoms with Crippen molar-refractivity contribution in [3.8, 4) is 11.1 Å². The first kappa shape index (κ1) is 31.1. The Labute approximate surface area is 258 Å². The summed E-state index contributed by atoms with van der Waals surface area (Å²) < 4.78 is 53.4. The quantitative estimate of drug-likeness (QED) is 0.171. The number of carboxylic acids is 1. The summed E-state index contributed by atoms with van der Waals surface area (Å²) in [6.07, 6.45) is -0.871. The first-order chi connectivity index (χ1) is 20.8. The van der Waals surface area contributed by atoms with Gasteiger partial charge in [-0.15, -0.1) is 0 Å². The van der Waals surface area contributed by atoms with Gasteiger partial charge < -0.3 is 19.6 Å². The molecule has 5 aromatic rings. The van der Waals surface area contributed by atoms with Crippen LogP contribution in [0.3, 0.4) is 0 Å². The molecule has 44 heavy (non-hydrogen) atoms. The summed E-state index contributed by atoms with van der Waals surface area (Å²) in [6, 6.07) is 22.2. The van der Waals surface area contributed by atoms with Gasteiger partial charge in [0.1, 0.15) is 28.6 Å². The number of ether oxygens (including phenoxy) is 1. The molecule has 0 saturated heterocycles. The molecule has 0 bridgehead atoms. The third kappa shape index (κ3) is 6.74. The second-order valence-corrected chi connectivity index (χ2v) is 14.1. The Morgan fingerprint density at radius 3 is 2.39 bits per heavy atom. The number of carboxylic acid groups (broad SMARTS) is 1. The van der Waals surface area contributed by atoms with Gasteiger partial charge in [0, 0.05) is 27.8 Å². The van der Waals surface area contributed by atoms with E-state index in [1.807, 2.05) is 42.5 Å². The van der Waals surface area contributed by atoms with Crippen LogP contribution in [-0.4, -0.2) is 43.0 Å². The second kappa shape index (κ2) is 12.3. The van der Waals surface area contributed by atoms with Gasteiger partial charge >= 0.3 is 12.1 Å². The molecule has 0 aliphatic heterocycles. The van der Waals surface area contributed by atoms with Crippen LogP contribution in [0.25, 0.3) is 33.1 Å². The number of nitrogens with one attached hydrogen (secondary N) is 1. The summed E-state index contributed by atoms with van der Waals surface area (Å²) in [6.45, 7) is 4.97. The van der Waals surface area contributed by atoms with Crippen LogP contribution in [0.2, 0.25) is 0 Å². The van der Waals surface area contributed by atoms with Crippen LogP contribution in [-0.2, 0) is 25.1 Å².